The number of benzene rings is 2. The molecule has 0 aromatic heterocycles. The number of halogens is 2. The van der Waals surface area contributed by atoms with Gasteiger partial charge in [-0.1, -0.05) is 0 Å². The Bertz CT molecular complexity index is 678. The SMILES string of the molecule is C[C@@H](N)c1cc(F)ccc1Oc1ccc(C#N)cc1F. The fraction of sp³-hybridized carbons (Fsp3) is 0.133. The molecule has 0 heterocycles. The van der Waals surface area contributed by atoms with Crippen LogP contribution in [0.25, 0.3) is 0 Å². The first-order valence-corrected chi connectivity index (χ1v) is 5.94. The van der Waals surface area contributed by atoms with Crippen molar-refractivity contribution in [2.45, 2.75) is 13.0 Å². The van der Waals surface area contributed by atoms with E-state index in [-0.39, 0.29) is 17.1 Å². The Morgan fingerprint density at radius 1 is 1.15 bits per heavy atom. The van der Waals surface area contributed by atoms with Crippen molar-refractivity contribution >= 4 is 0 Å². The summed E-state index contributed by atoms with van der Waals surface area (Å²) in [5.41, 5.74) is 6.37. The molecule has 102 valence electrons. The third-order valence-electron chi connectivity index (χ3n) is 2.74. The van der Waals surface area contributed by atoms with Gasteiger partial charge in [-0.25, -0.2) is 8.78 Å². The lowest BCUT2D eigenvalue weighted by Gasteiger charge is -2.14. The van der Waals surface area contributed by atoms with Gasteiger partial charge in [-0.15, -0.1) is 0 Å². The minimum Gasteiger partial charge on any atom is -0.454 e. The molecule has 0 spiro atoms. The first kappa shape index (κ1) is 14.0. The van der Waals surface area contributed by atoms with E-state index < -0.39 is 17.7 Å². The van der Waals surface area contributed by atoms with Gasteiger partial charge in [0.2, 0.25) is 0 Å². The minimum atomic E-state index is -0.663. The second-order valence-electron chi connectivity index (χ2n) is 4.33. The van der Waals surface area contributed by atoms with Crippen molar-refractivity contribution < 1.29 is 13.5 Å². The van der Waals surface area contributed by atoms with Crippen molar-refractivity contribution in [2.75, 3.05) is 0 Å². The van der Waals surface area contributed by atoms with Crippen molar-refractivity contribution in [2.24, 2.45) is 5.73 Å². The summed E-state index contributed by atoms with van der Waals surface area (Å²) in [5.74, 6) is -0.864. The summed E-state index contributed by atoms with van der Waals surface area (Å²) in [7, 11) is 0. The Hall–Kier alpha value is -2.45. The third-order valence-corrected chi connectivity index (χ3v) is 2.74. The van der Waals surface area contributed by atoms with Gasteiger partial charge in [0.1, 0.15) is 11.6 Å². The number of nitrogens with zero attached hydrogens (tertiary/aromatic N) is 1. The second kappa shape index (κ2) is 5.68. The molecule has 2 rings (SSSR count). The molecule has 0 unspecified atom stereocenters. The smallest absolute Gasteiger partial charge is 0.167 e. The Labute approximate surface area is 115 Å². The molecule has 0 amide bonds. The molecule has 0 saturated carbocycles. The van der Waals surface area contributed by atoms with Gasteiger partial charge >= 0.3 is 0 Å². The van der Waals surface area contributed by atoms with Crippen LogP contribution in [0.2, 0.25) is 0 Å². The van der Waals surface area contributed by atoms with Gasteiger partial charge in [0, 0.05) is 11.6 Å². The molecule has 2 N–H and O–H groups in total. The number of rotatable bonds is 3. The van der Waals surface area contributed by atoms with E-state index in [1.807, 2.05) is 6.07 Å². The fourth-order valence-electron chi connectivity index (χ4n) is 1.74. The summed E-state index contributed by atoms with van der Waals surface area (Å²) in [6, 6.07) is 9.09. The van der Waals surface area contributed by atoms with Crippen molar-refractivity contribution in [3.05, 3.63) is 59.2 Å². The molecule has 20 heavy (non-hydrogen) atoms. The van der Waals surface area contributed by atoms with Crippen LogP contribution < -0.4 is 10.5 Å². The van der Waals surface area contributed by atoms with Gasteiger partial charge in [-0.2, -0.15) is 5.26 Å². The Balaban J connectivity index is 2.38. The lowest BCUT2D eigenvalue weighted by atomic mass is 10.1. The Morgan fingerprint density at radius 3 is 2.45 bits per heavy atom. The van der Waals surface area contributed by atoms with Gasteiger partial charge in [0.25, 0.3) is 0 Å². The van der Waals surface area contributed by atoms with Crippen LogP contribution in [0.3, 0.4) is 0 Å². The van der Waals surface area contributed by atoms with E-state index in [9.17, 15) is 8.78 Å². The van der Waals surface area contributed by atoms with Crippen molar-refractivity contribution in [1.82, 2.24) is 0 Å². The monoisotopic (exact) mass is 274 g/mol. The van der Waals surface area contributed by atoms with Crippen LogP contribution >= 0.6 is 0 Å². The Morgan fingerprint density at radius 2 is 1.85 bits per heavy atom. The van der Waals surface area contributed by atoms with Crippen molar-refractivity contribution in [3.63, 3.8) is 0 Å². The molecule has 3 nitrogen and oxygen atoms in total. The highest BCUT2D eigenvalue weighted by Gasteiger charge is 2.13. The molecule has 0 saturated heterocycles. The minimum absolute atomic E-state index is 0.0440. The van der Waals surface area contributed by atoms with E-state index in [1.165, 1.54) is 30.3 Å². The number of hydrogen-bond donors (Lipinski definition) is 1. The summed E-state index contributed by atoms with van der Waals surface area (Å²) in [4.78, 5) is 0. The van der Waals surface area contributed by atoms with E-state index in [2.05, 4.69) is 0 Å². The molecule has 0 aliphatic carbocycles. The molecule has 5 heteroatoms. The highest BCUT2D eigenvalue weighted by atomic mass is 19.1. The van der Waals surface area contributed by atoms with Gasteiger partial charge < -0.3 is 10.5 Å². The number of nitrogens with two attached hydrogens (primary N) is 1. The van der Waals surface area contributed by atoms with Crippen LogP contribution in [-0.4, -0.2) is 0 Å². The lowest BCUT2D eigenvalue weighted by molar-refractivity contribution is 0.433. The predicted molar refractivity (Wildman–Crippen MR) is 70.2 cm³/mol. The van der Waals surface area contributed by atoms with Crippen LogP contribution in [0, 0.1) is 23.0 Å². The molecule has 0 fully saturated rings. The van der Waals surface area contributed by atoms with Crippen LogP contribution in [-0.2, 0) is 0 Å². The molecule has 0 aliphatic heterocycles. The van der Waals surface area contributed by atoms with E-state index in [0.29, 0.717) is 5.56 Å². The van der Waals surface area contributed by atoms with E-state index >= 15 is 0 Å². The standard InChI is InChI=1S/C15H12F2N2O/c1-9(19)12-7-11(16)3-5-14(12)20-15-4-2-10(8-18)6-13(15)17/h2-7,9H,19H2,1H3/t9-/m1/s1. The molecule has 0 radical (unpaired) electrons. The molecule has 2 aromatic rings. The third kappa shape index (κ3) is 2.92. The summed E-state index contributed by atoms with van der Waals surface area (Å²) in [5, 5.41) is 8.67. The van der Waals surface area contributed by atoms with Gasteiger partial charge in [-0.3, -0.25) is 0 Å². The summed E-state index contributed by atoms with van der Waals surface area (Å²) < 4.78 is 32.4. The molecular weight excluding hydrogens is 262 g/mol. The molecule has 0 aliphatic rings. The van der Waals surface area contributed by atoms with Crippen LogP contribution in [0.5, 0.6) is 11.5 Å². The maximum Gasteiger partial charge on any atom is 0.167 e. The average molecular weight is 274 g/mol. The summed E-state index contributed by atoms with van der Waals surface area (Å²) in [6.45, 7) is 1.68. The maximum atomic E-state index is 13.8. The number of nitriles is 1. The second-order valence-corrected chi connectivity index (χ2v) is 4.33. The van der Waals surface area contributed by atoms with Gasteiger partial charge in [0.15, 0.2) is 11.6 Å². The largest absolute Gasteiger partial charge is 0.454 e. The molecule has 1 atom stereocenters. The molecule has 0 bridgehead atoms. The zero-order valence-corrected chi connectivity index (χ0v) is 10.7. The van der Waals surface area contributed by atoms with E-state index in [4.69, 9.17) is 15.7 Å². The van der Waals surface area contributed by atoms with E-state index in [0.717, 1.165) is 6.07 Å². The lowest BCUT2D eigenvalue weighted by Crippen LogP contribution is -2.07. The molecular formula is C15H12F2N2O. The predicted octanol–water partition coefficient (Wildman–Crippen LogP) is 3.65. The Kier molecular flexibility index (Phi) is 3.97. The summed E-state index contributed by atoms with van der Waals surface area (Å²) >= 11 is 0. The van der Waals surface area contributed by atoms with Crippen molar-refractivity contribution in [1.29, 1.82) is 5.26 Å². The van der Waals surface area contributed by atoms with Crippen LogP contribution in [0.1, 0.15) is 24.1 Å². The zero-order valence-electron chi connectivity index (χ0n) is 10.7. The normalized spacial score (nSPS) is 11.8. The highest BCUT2D eigenvalue weighted by molar-refractivity contribution is 5.42. The zero-order chi connectivity index (χ0) is 14.7. The van der Waals surface area contributed by atoms with Gasteiger partial charge in [0.05, 0.1) is 11.6 Å². The topological polar surface area (TPSA) is 59.0 Å². The van der Waals surface area contributed by atoms with Crippen LogP contribution in [0.4, 0.5) is 8.78 Å². The van der Waals surface area contributed by atoms with Crippen LogP contribution in [0.15, 0.2) is 36.4 Å². The first-order chi connectivity index (χ1) is 9.51. The fourth-order valence-corrected chi connectivity index (χ4v) is 1.74. The number of ether oxygens (including phenoxy) is 1. The summed E-state index contributed by atoms with van der Waals surface area (Å²) in [6.07, 6.45) is 0. The maximum absolute atomic E-state index is 13.8. The van der Waals surface area contributed by atoms with Crippen molar-refractivity contribution in [3.8, 4) is 17.6 Å². The molecule has 2 aromatic carbocycles. The first-order valence-electron chi connectivity index (χ1n) is 5.94. The average Bonchev–Trinajstić information content (AvgIpc) is 2.42. The quantitative estimate of drug-likeness (QED) is 0.929. The van der Waals surface area contributed by atoms with E-state index in [1.54, 1.807) is 6.92 Å². The van der Waals surface area contributed by atoms with Gasteiger partial charge in [-0.05, 0) is 43.3 Å². The highest BCUT2D eigenvalue weighted by Crippen LogP contribution is 2.31. The number of hydrogen-bond acceptors (Lipinski definition) is 3.